The zero-order valence-electron chi connectivity index (χ0n) is 23.9. The standard InChI is InChI=1S/C30H41FN2O6/c1-7-25(36)38-16-24(35)30(39-26(37)8-2)17(3)11-21-20-10-9-19-12-22-18(15-32-33(22)6)13-27(19,4)29(20,31)23(34)14-28(21,30)5/h12,15,17,20-21,23,34H,7-11,13-14,16H2,1-6H3/t17-,20-,21?,23-,27-,28-,29-,30-/m0/s1. The van der Waals surface area contributed by atoms with Gasteiger partial charge in [-0.2, -0.15) is 5.10 Å². The molecule has 1 N–H and O–H groups in total. The van der Waals surface area contributed by atoms with Gasteiger partial charge < -0.3 is 14.6 Å². The van der Waals surface area contributed by atoms with E-state index in [1.54, 1.807) is 24.7 Å². The Kier molecular flexibility index (Phi) is 6.64. The van der Waals surface area contributed by atoms with Gasteiger partial charge in [0.25, 0.3) is 0 Å². The van der Waals surface area contributed by atoms with Gasteiger partial charge in [0.05, 0.1) is 18.0 Å². The number of ether oxygens (including phenoxy) is 2. The molecule has 0 aliphatic heterocycles. The number of allylic oxidation sites excluding steroid dienone is 1. The number of ketones is 1. The smallest absolute Gasteiger partial charge is 0.306 e. The highest BCUT2D eigenvalue weighted by molar-refractivity contribution is 5.93. The third-order valence-electron chi connectivity index (χ3n) is 10.9. The first-order valence-electron chi connectivity index (χ1n) is 14.3. The number of Topliss-reactive ketones (excluding diaryl/α,β-unsaturated/α-hetero) is 1. The summed E-state index contributed by atoms with van der Waals surface area (Å²) < 4.78 is 31.0. The molecule has 1 aromatic heterocycles. The normalized spacial score (nSPS) is 40.5. The van der Waals surface area contributed by atoms with Crippen LogP contribution in [0.3, 0.4) is 0 Å². The highest BCUT2D eigenvalue weighted by Gasteiger charge is 2.77. The molecule has 3 fully saturated rings. The lowest BCUT2D eigenvalue weighted by molar-refractivity contribution is -0.234. The maximum Gasteiger partial charge on any atom is 0.306 e. The molecule has 214 valence electrons. The van der Waals surface area contributed by atoms with Crippen molar-refractivity contribution in [1.82, 2.24) is 9.78 Å². The fraction of sp³-hybridized carbons (Fsp3) is 0.733. The molecule has 0 radical (unpaired) electrons. The first-order chi connectivity index (χ1) is 18.3. The summed E-state index contributed by atoms with van der Waals surface area (Å²) in [5, 5.41) is 16.2. The lowest BCUT2D eigenvalue weighted by Crippen LogP contribution is -2.70. The van der Waals surface area contributed by atoms with E-state index >= 15 is 4.39 Å². The Bertz CT molecular complexity index is 1240. The van der Waals surface area contributed by atoms with Crippen LogP contribution in [0.5, 0.6) is 0 Å². The summed E-state index contributed by atoms with van der Waals surface area (Å²) in [5.41, 5.74) is -2.59. The number of rotatable bonds is 6. The Hall–Kier alpha value is -2.55. The van der Waals surface area contributed by atoms with Crippen molar-refractivity contribution in [2.45, 2.75) is 96.9 Å². The van der Waals surface area contributed by atoms with Crippen LogP contribution in [0.1, 0.15) is 84.4 Å². The first-order valence-corrected chi connectivity index (χ1v) is 14.3. The second kappa shape index (κ2) is 9.25. The minimum absolute atomic E-state index is 0.0395. The van der Waals surface area contributed by atoms with Crippen LogP contribution in [-0.2, 0) is 37.3 Å². The molecule has 0 bridgehead atoms. The van der Waals surface area contributed by atoms with E-state index in [9.17, 15) is 19.5 Å². The van der Waals surface area contributed by atoms with Crippen LogP contribution in [0.2, 0.25) is 0 Å². The molecule has 1 heterocycles. The highest BCUT2D eigenvalue weighted by atomic mass is 19.1. The van der Waals surface area contributed by atoms with Crippen molar-refractivity contribution in [2.75, 3.05) is 6.61 Å². The average Bonchev–Trinajstić information content (AvgIpc) is 3.35. The monoisotopic (exact) mass is 544 g/mol. The summed E-state index contributed by atoms with van der Waals surface area (Å²) in [7, 11) is 1.88. The van der Waals surface area contributed by atoms with Gasteiger partial charge in [0.2, 0.25) is 5.78 Å². The van der Waals surface area contributed by atoms with E-state index in [1.807, 2.05) is 33.9 Å². The third kappa shape index (κ3) is 3.57. The summed E-state index contributed by atoms with van der Waals surface area (Å²) in [4.78, 5) is 38.6. The van der Waals surface area contributed by atoms with Gasteiger partial charge in [-0.05, 0) is 49.7 Å². The third-order valence-corrected chi connectivity index (χ3v) is 10.9. The number of aliphatic hydroxyl groups is 1. The van der Waals surface area contributed by atoms with Gasteiger partial charge in [0.1, 0.15) is 5.67 Å². The van der Waals surface area contributed by atoms with Crippen LogP contribution in [0, 0.1) is 28.6 Å². The molecule has 1 aromatic rings. The van der Waals surface area contributed by atoms with E-state index in [1.165, 1.54) is 0 Å². The SMILES string of the molecule is CCC(=O)OCC(=O)[C@@]1(OC(=O)CC)[C@@H](C)CC2[C@@H]3CCC4=Cc5c(cnn5C)C[C@]4(C)[C@@]3(F)[C@@H](O)C[C@@]21C. The fourth-order valence-electron chi connectivity index (χ4n) is 8.98. The molecule has 8 atom stereocenters. The van der Waals surface area contributed by atoms with Crippen molar-refractivity contribution < 1.29 is 33.4 Å². The van der Waals surface area contributed by atoms with Gasteiger partial charge in [-0.15, -0.1) is 0 Å². The van der Waals surface area contributed by atoms with Crippen LogP contribution in [0.15, 0.2) is 11.8 Å². The Labute approximate surface area is 229 Å². The summed E-state index contributed by atoms with van der Waals surface area (Å²) in [6, 6.07) is 0. The second-order valence-electron chi connectivity index (χ2n) is 12.7. The molecule has 9 heteroatoms. The Balaban J connectivity index is 1.58. The molecule has 39 heavy (non-hydrogen) atoms. The van der Waals surface area contributed by atoms with E-state index in [4.69, 9.17) is 9.47 Å². The molecule has 0 saturated heterocycles. The van der Waals surface area contributed by atoms with Crippen molar-refractivity contribution in [1.29, 1.82) is 0 Å². The Morgan fingerprint density at radius 1 is 1.18 bits per heavy atom. The van der Waals surface area contributed by atoms with Crippen molar-refractivity contribution in [3.8, 4) is 0 Å². The van der Waals surface area contributed by atoms with Crippen molar-refractivity contribution >= 4 is 23.8 Å². The maximum absolute atomic E-state index is 17.9. The molecular formula is C30H41FN2O6. The summed E-state index contributed by atoms with van der Waals surface area (Å²) in [5.74, 6) is -2.85. The summed E-state index contributed by atoms with van der Waals surface area (Å²) >= 11 is 0. The number of nitrogens with zero attached hydrogens (tertiary/aromatic N) is 2. The number of carbonyl (C=O) groups is 3. The number of hydrogen-bond donors (Lipinski definition) is 1. The minimum atomic E-state index is -1.93. The van der Waals surface area contributed by atoms with Gasteiger partial charge in [-0.1, -0.05) is 40.2 Å². The van der Waals surface area contributed by atoms with E-state index in [0.29, 0.717) is 25.7 Å². The summed E-state index contributed by atoms with van der Waals surface area (Å²) in [6.07, 6.45) is 4.68. The van der Waals surface area contributed by atoms with Crippen LogP contribution in [0.25, 0.3) is 6.08 Å². The van der Waals surface area contributed by atoms with Gasteiger partial charge >= 0.3 is 11.9 Å². The highest BCUT2D eigenvalue weighted by Crippen LogP contribution is 2.72. The molecule has 4 aliphatic carbocycles. The predicted molar refractivity (Wildman–Crippen MR) is 141 cm³/mol. The largest absolute Gasteiger partial charge is 0.457 e. The zero-order valence-corrected chi connectivity index (χ0v) is 23.9. The van der Waals surface area contributed by atoms with Gasteiger partial charge in [-0.25, -0.2) is 4.39 Å². The number of carbonyl (C=O) groups excluding carboxylic acids is 3. The first kappa shape index (κ1) is 28.0. The number of esters is 2. The lowest BCUT2D eigenvalue weighted by atomic mass is 9.43. The number of alkyl halides is 1. The lowest BCUT2D eigenvalue weighted by Gasteiger charge is -2.63. The van der Waals surface area contributed by atoms with E-state index < -0.39 is 64.4 Å². The van der Waals surface area contributed by atoms with E-state index in [-0.39, 0.29) is 25.2 Å². The minimum Gasteiger partial charge on any atom is -0.457 e. The predicted octanol–water partition coefficient (Wildman–Crippen LogP) is 4.13. The quantitative estimate of drug-likeness (QED) is 0.537. The number of fused-ring (bicyclic) bond motifs is 6. The van der Waals surface area contributed by atoms with Crippen LogP contribution >= 0.6 is 0 Å². The molecule has 0 amide bonds. The maximum atomic E-state index is 17.9. The molecule has 0 aromatic carbocycles. The number of hydrogen-bond acceptors (Lipinski definition) is 7. The molecular weight excluding hydrogens is 503 g/mol. The number of aromatic nitrogens is 2. The zero-order chi connectivity index (χ0) is 28.5. The van der Waals surface area contributed by atoms with Crippen molar-refractivity contribution in [3.63, 3.8) is 0 Å². The molecule has 1 unspecified atom stereocenters. The molecule has 0 spiro atoms. The second-order valence-corrected chi connectivity index (χ2v) is 12.7. The molecule has 3 saturated carbocycles. The van der Waals surface area contributed by atoms with E-state index in [0.717, 1.165) is 16.8 Å². The average molecular weight is 545 g/mol. The molecule has 5 rings (SSSR count). The summed E-state index contributed by atoms with van der Waals surface area (Å²) in [6.45, 7) is 8.42. The van der Waals surface area contributed by atoms with Crippen molar-refractivity contribution in [3.05, 3.63) is 23.0 Å². The Morgan fingerprint density at radius 3 is 2.54 bits per heavy atom. The number of halogens is 1. The van der Waals surface area contributed by atoms with Crippen LogP contribution < -0.4 is 0 Å². The fourth-order valence-corrected chi connectivity index (χ4v) is 8.98. The van der Waals surface area contributed by atoms with Gasteiger partial charge in [0.15, 0.2) is 12.2 Å². The van der Waals surface area contributed by atoms with Gasteiger partial charge in [0, 0.05) is 42.6 Å². The number of aryl methyl sites for hydroxylation is 1. The van der Waals surface area contributed by atoms with Gasteiger partial charge in [-0.3, -0.25) is 19.1 Å². The topological polar surface area (TPSA) is 108 Å². The number of aliphatic hydroxyl groups excluding tert-OH is 1. The Morgan fingerprint density at radius 2 is 1.87 bits per heavy atom. The molecule has 8 nitrogen and oxygen atoms in total. The van der Waals surface area contributed by atoms with Crippen molar-refractivity contribution in [2.24, 2.45) is 35.6 Å². The molecule has 4 aliphatic rings. The van der Waals surface area contributed by atoms with Crippen LogP contribution in [-0.4, -0.2) is 56.6 Å². The van der Waals surface area contributed by atoms with E-state index in [2.05, 4.69) is 5.10 Å². The van der Waals surface area contributed by atoms with Crippen LogP contribution in [0.4, 0.5) is 4.39 Å².